The van der Waals surface area contributed by atoms with Crippen LogP contribution in [0.25, 0.3) is 0 Å². The Kier molecular flexibility index (Phi) is 2.55. The number of carbonyl (C=O) groups is 1. The van der Waals surface area contributed by atoms with E-state index in [1.165, 1.54) is 16.2 Å². The van der Waals surface area contributed by atoms with Gasteiger partial charge in [-0.15, -0.1) is 21.5 Å². The van der Waals surface area contributed by atoms with E-state index < -0.39 is 5.82 Å². The molecule has 7 heteroatoms. The van der Waals surface area contributed by atoms with E-state index in [4.69, 9.17) is 0 Å². The lowest BCUT2D eigenvalue weighted by Gasteiger charge is -1.92. The van der Waals surface area contributed by atoms with Gasteiger partial charge in [0.25, 0.3) is 0 Å². The highest BCUT2D eigenvalue weighted by Gasteiger charge is 2.15. The van der Waals surface area contributed by atoms with Crippen LogP contribution < -0.4 is 0 Å². The average Bonchev–Trinajstić information content (AvgIpc) is 2.75. The van der Waals surface area contributed by atoms with Gasteiger partial charge in [0.2, 0.25) is 0 Å². The molecule has 15 heavy (non-hydrogen) atoms. The minimum atomic E-state index is -0.492. The van der Waals surface area contributed by atoms with Gasteiger partial charge in [0.15, 0.2) is 11.6 Å². The van der Waals surface area contributed by atoms with Crippen LogP contribution in [0.3, 0.4) is 0 Å². The summed E-state index contributed by atoms with van der Waals surface area (Å²) >= 11 is 1.08. The maximum Gasteiger partial charge on any atom is 0.183 e. The van der Waals surface area contributed by atoms with Gasteiger partial charge in [-0.05, 0) is 16.7 Å². The minimum absolute atomic E-state index is 0.0225. The maximum atomic E-state index is 13.0. The van der Waals surface area contributed by atoms with Gasteiger partial charge in [-0.25, -0.2) is 4.39 Å². The first-order valence-corrected chi connectivity index (χ1v) is 5.04. The van der Waals surface area contributed by atoms with Crippen LogP contribution in [0, 0.1) is 5.82 Å². The Balaban J connectivity index is 2.14. The SMILES string of the molecule is Cn1nnc(CC(=O)c2sccc2F)n1. The van der Waals surface area contributed by atoms with Gasteiger partial charge in [-0.1, -0.05) is 0 Å². The van der Waals surface area contributed by atoms with Gasteiger partial charge in [-0.2, -0.15) is 4.80 Å². The highest BCUT2D eigenvalue weighted by atomic mass is 32.1. The number of thiophene rings is 1. The molecular formula is C8H7FN4OS. The molecule has 78 valence electrons. The Bertz CT molecular complexity index is 492. The zero-order chi connectivity index (χ0) is 10.8. The van der Waals surface area contributed by atoms with Crippen LogP contribution in [0.2, 0.25) is 0 Å². The van der Waals surface area contributed by atoms with Crippen molar-refractivity contribution in [2.75, 3.05) is 0 Å². The van der Waals surface area contributed by atoms with E-state index in [2.05, 4.69) is 15.4 Å². The van der Waals surface area contributed by atoms with E-state index in [0.29, 0.717) is 5.82 Å². The number of aryl methyl sites for hydroxylation is 1. The van der Waals surface area contributed by atoms with E-state index in [9.17, 15) is 9.18 Å². The topological polar surface area (TPSA) is 60.7 Å². The molecule has 0 bridgehead atoms. The Labute approximate surface area is 88.5 Å². The Morgan fingerprint density at radius 2 is 2.47 bits per heavy atom. The first kappa shape index (κ1) is 9.91. The van der Waals surface area contributed by atoms with E-state index in [1.54, 1.807) is 7.05 Å². The summed E-state index contributed by atoms with van der Waals surface area (Å²) < 4.78 is 13.0. The summed E-state index contributed by atoms with van der Waals surface area (Å²) in [5, 5.41) is 12.6. The first-order valence-electron chi connectivity index (χ1n) is 4.16. The molecule has 0 saturated carbocycles. The van der Waals surface area contributed by atoms with Crippen molar-refractivity contribution < 1.29 is 9.18 Å². The van der Waals surface area contributed by atoms with Gasteiger partial charge < -0.3 is 0 Å². The third-order valence-corrected chi connectivity index (χ3v) is 2.67. The van der Waals surface area contributed by atoms with Crippen LogP contribution in [-0.2, 0) is 13.5 Å². The second-order valence-electron chi connectivity index (χ2n) is 2.89. The molecule has 0 unspecified atom stereocenters. The minimum Gasteiger partial charge on any atom is -0.293 e. The number of halogens is 1. The second kappa shape index (κ2) is 3.85. The molecule has 0 aliphatic carbocycles. The van der Waals surface area contributed by atoms with Crippen molar-refractivity contribution >= 4 is 17.1 Å². The standard InChI is InChI=1S/C8H7FN4OS/c1-13-11-7(10-12-13)4-6(14)8-5(9)2-3-15-8/h2-3H,4H2,1H3. The van der Waals surface area contributed by atoms with Crippen molar-refractivity contribution in [2.24, 2.45) is 7.05 Å². The van der Waals surface area contributed by atoms with Crippen LogP contribution in [0.5, 0.6) is 0 Å². The largest absolute Gasteiger partial charge is 0.293 e. The second-order valence-corrected chi connectivity index (χ2v) is 3.81. The zero-order valence-corrected chi connectivity index (χ0v) is 8.66. The highest BCUT2D eigenvalue weighted by molar-refractivity contribution is 7.12. The van der Waals surface area contributed by atoms with E-state index in [1.807, 2.05) is 0 Å². The number of carbonyl (C=O) groups excluding carboxylic acids is 1. The number of aromatic nitrogens is 4. The van der Waals surface area contributed by atoms with Crippen molar-refractivity contribution in [1.29, 1.82) is 0 Å². The van der Waals surface area contributed by atoms with Crippen LogP contribution in [0.4, 0.5) is 4.39 Å². The van der Waals surface area contributed by atoms with Gasteiger partial charge >= 0.3 is 0 Å². The molecule has 2 aromatic rings. The van der Waals surface area contributed by atoms with Crippen LogP contribution >= 0.6 is 11.3 Å². The van der Waals surface area contributed by atoms with Crippen molar-refractivity contribution in [3.63, 3.8) is 0 Å². The number of hydrogen-bond acceptors (Lipinski definition) is 5. The highest BCUT2D eigenvalue weighted by Crippen LogP contribution is 2.16. The number of nitrogens with zero attached hydrogens (tertiary/aromatic N) is 4. The lowest BCUT2D eigenvalue weighted by Crippen LogP contribution is -2.05. The van der Waals surface area contributed by atoms with Crippen LogP contribution in [0.15, 0.2) is 11.4 Å². The molecule has 0 radical (unpaired) electrons. The van der Waals surface area contributed by atoms with Gasteiger partial charge in [0.1, 0.15) is 10.7 Å². The number of Topliss-reactive ketones (excluding diaryl/α,β-unsaturated/α-hetero) is 1. The van der Waals surface area contributed by atoms with Gasteiger partial charge in [0.05, 0.1) is 13.5 Å². The number of ketones is 1. The summed E-state index contributed by atoms with van der Waals surface area (Å²) in [4.78, 5) is 12.9. The third-order valence-electron chi connectivity index (χ3n) is 1.74. The molecule has 0 fully saturated rings. The summed E-state index contributed by atoms with van der Waals surface area (Å²) in [5.41, 5.74) is 0. The lowest BCUT2D eigenvalue weighted by atomic mass is 10.2. The fourth-order valence-electron chi connectivity index (χ4n) is 1.11. The molecule has 0 amide bonds. The summed E-state index contributed by atoms with van der Waals surface area (Å²) in [6, 6.07) is 1.27. The molecule has 5 nitrogen and oxygen atoms in total. The third kappa shape index (κ3) is 2.07. The normalized spacial score (nSPS) is 10.5. The maximum absolute atomic E-state index is 13.0. The van der Waals surface area contributed by atoms with E-state index in [-0.39, 0.29) is 17.1 Å². The molecule has 0 aliphatic rings. The first-order chi connectivity index (χ1) is 7.16. The number of tetrazole rings is 1. The molecule has 0 N–H and O–H groups in total. The molecule has 0 aromatic carbocycles. The Morgan fingerprint density at radius 1 is 1.67 bits per heavy atom. The predicted molar refractivity (Wildman–Crippen MR) is 51.1 cm³/mol. The fourth-order valence-corrected chi connectivity index (χ4v) is 1.82. The number of rotatable bonds is 3. The monoisotopic (exact) mass is 226 g/mol. The fraction of sp³-hybridized carbons (Fsp3) is 0.250. The molecule has 0 saturated heterocycles. The molecule has 0 atom stereocenters. The van der Waals surface area contributed by atoms with Crippen molar-refractivity contribution in [3.05, 3.63) is 28.0 Å². The average molecular weight is 226 g/mol. The molecular weight excluding hydrogens is 219 g/mol. The zero-order valence-electron chi connectivity index (χ0n) is 7.85. The smallest absolute Gasteiger partial charge is 0.183 e. The van der Waals surface area contributed by atoms with Gasteiger partial charge in [-0.3, -0.25) is 4.79 Å². The number of hydrogen-bond donors (Lipinski definition) is 0. The quantitative estimate of drug-likeness (QED) is 0.727. The van der Waals surface area contributed by atoms with Crippen molar-refractivity contribution in [1.82, 2.24) is 20.2 Å². The Hall–Kier alpha value is -1.63. The van der Waals surface area contributed by atoms with Crippen LogP contribution in [0.1, 0.15) is 15.5 Å². The van der Waals surface area contributed by atoms with E-state index in [0.717, 1.165) is 11.3 Å². The molecule has 2 aromatic heterocycles. The van der Waals surface area contributed by atoms with E-state index >= 15 is 0 Å². The lowest BCUT2D eigenvalue weighted by molar-refractivity contribution is 0.0991. The molecule has 0 aliphatic heterocycles. The van der Waals surface area contributed by atoms with Gasteiger partial charge in [0, 0.05) is 0 Å². The summed E-state index contributed by atoms with van der Waals surface area (Å²) in [7, 11) is 1.60. The summed E-state index contributed by atoms with van der Waals surface area (Å²) in [6.45, 7) is 0. The molecule has 2 rings (SSSR count). The predicted octanol–water partition coefficient (Wildman–Crippen LogP) is 0.836. The van der Waals surface area contributed by atoms with Crippen molar-refractivity contribution in [3.8, 4) is 0 Å². The molecule has 0 spiro atoms. The summed E-state index contributed by atoms with van der Waals surface area (Å²) in [6.07, 6.45) is -0.0225. The summed E-state index contributed by atoms with van der Waals surface area (Å²) in [5.74, 6) is -0.514. The van der Waals surface area contributed by atoms with Crippen LogP contribution in [-0.4, -0.2) is 26.0 Å². The molecule has 2 heterocycles. The Morgan fingerprint density at radius 3 is 3.00 bits per heavy atom. The van der Waals surface area contributed by atoms with Crippen molar-refractivity contribution in [2.45, 2.75) is 6.42 Å².